The highest BCUT2D eigenvalue weighted by atomic mass is 32.2. The van der Waals surface area contributed by atoms with Crippen LogP contribution < -0.4 is 0 Å². The number of benzene rings is 1. The van der Waals surface area contributed by atoms with Gasteiger partial charge in [-0.3, -0.25) is 4.68 Å². The molecule has 6 rings (SSSR count). The number of fused-ring (bicyclic) bond motifs is 1. The number of halogens is 1. The molecule has 9 nitrogen and oxygen atoms in total. The molecule has 1 aliphatic heterocycles. The zero-order chi connectivity index (χ0) is 22.6. The van der Waals surface area contributed by atoms with Crippen molar-refractivity contribution in [2.45, 2.75) is 6.04 Å². The van der Waals surface area contributed by atoms with Gasteiger partial charge in [0.1, 0.15) is 17.8 Å². The molecule has 0 radical (unpaired) electrons. The zero-order valence-corrected chi connectivity index (χ0v) is 17.8. The topological polar surface area (TPSA) is 117 Å². The normalized spacial score (nSPS) is 15.5. The van der Waals surface area contributed by atoms with Crippen LogP contribution in [0.5, 0.6) is 0 Å². The van der Waals surface area contributed by atoms with Gasteiger partial charge in [0.2, 0.25) is 5.71 Å². The highest BCUT2D eigenvalue weighted by Crippen LogP contribution is 2.37. The van der Waals surface area contributed by atoms with Crippen LogP contribution in [0.4, 0.5) is 4.39 Å². The van der Waals surface area contributed by atoms with E-state index in [-0.39, 0.29) is 23.4 Å². The maximum atomic E-state index is 13.5. The Bertz CT molecular complexity index is 1580. The first-order valence-electron chi connectivity index (χ1n) is 10.0. The maximum Gasteiger partial charge on any atom is 0.230 e. The van der Waals surface area contributed by atoms with Crippen molar-refractivity contribution in [2.75, 3.05) is 11.5 Å². The average Bonchev–Trinajstić information content (AvgIpc) is 3.43. The number of hydrogen-bond donors (Lipinski definition) is 0. The quantitative estimate of drug-likeness (QED) is 0.399. The third-order valence-electron chi connectivity index (χ3n) is 5.49. The molecule has 0 spiro atoms. The second kappa shape index (κ2) is 7.27. The van der Waals surface area contributed by atoms with E-state index in [4.69, 9.17) is 4.42 Å². The molecule has 5 aromatic rings. The van der Waals surface area contributed by atoms with Crippen LogP contribution in [0.1, 0.15) is 6.04 Å². The van der Waals surface area contributed by atoms with Gasteiger partial charge in [0.15, 0.2) is 21.4 Å². The fraction of sp³-hybridized carbons (Fsp3) is 0.136. The molecule has 1 aliphatic rings. The van der Waals surface area contributed by atoms with Gasteiger partial charge < -0.3 is 4.42 Å². The summed E-state index contributed by atoms with van der Waals surface area (Å²) >= 11 is 0. The Morgan fingerprint density at radius 1 is 1.00 bits per heavy atom. The molecule has 0 N–H and O–H groups in total. The van der Waals surface area contributed by atoms with Gasteiger partial charge in [0, 0.05) is 29.7 Å². The minimum Gasteiger partial charge on any atom is -0.434 e. The molecule has 0 unspecified atom stereocenters. The van der Waals surface area contributed by atoms with E-state index in [1.54, 1.807) is 47.5 Å². The number of sulfone groups is 1. The predicted octanol–water partition coefficient (Wildman–Crippen LogP) is 3.32. The molecule has 0 aliphatic carbocycles. The lowest BCUT2D eigenvalue weighted by molar-refractivity contribution is 0.474. The van der Waals surface area contributed by atoms with E-state index in [0.29, 0.717) is 45.2 Å². The van der Waals surface area contributed by atoms with E-state index < -0.39 is 9.84 Å². The van der Waals surface area contributed by atoms with Crippen molar-refractivity contribution in [2.24, 2.45) is 0 Å². The van der Waals surface area contributed by atoms with Gasteiger partial charge in [-0.2, -0.15) is 5.10 Å². The third-order valence-corrected chi connectivity index (χ3v) is 7.27. The summed E-state index contributed by atoms with van der Waals surface area (Å²) in [5.41, 5.74) is 2.79. The number of aromatic nitrogens is 6. The van der Waals surface area contributed by atoms with Gasteiger partial charge in [-0.25, -0.2) is 32.7 Å². The van der Waals surface area contributed by atoms with Crippen LogP contribution in [-0.2, 0) is 9.84 Å². The zero-order valence-electron chi connectivity index (χ0n) is 17.0. The molecule has 0 bridgehead atoms. The van der Waals surface area contributed by atoms with E-state index in [1.807, 2.05) is 0 Å². The Labute approximate surface area is 186 Å². The van der Waals surface area contributed by atoms with Gasteiger partial charge in [-0.1, -0.05) is 0 Å². The molecular formula is C22H15FN6O3S. The number of rotatable bonds is 4. The molecule has 5 heterocycles. The van der Waals surface area contributed by atoms with E-state index in [0.717, 1.165) is 0 Å². The summed E-state index contributed by atoms with van der Waals surface area (Å²) in [5, 5.41) is 5.29. The highest BCUT2D eigenvalue weighted by molar-refractivity contribution is 7.92. The average molecular weight is 462 g/mol. The van der Waals surface area contributed by atoms with Crippen LogP contribution in [0.15, 0.2) is 65.7 Å². The summed E-state index contributed by atoms with van der Waals surface area (Å²) in [7, 11) is -3.04. The number of nitrogens with zero attached hydrogens (tertiary/aromatic N) is 6. The minimum atomic E-state index is -3.04. The minimum absolute atomic E-state index is 0.0252. The molecule has 1 saturated heterocycles. The first-order chi connectivity index (χ1) is 16.0. The fourth-order valence-corrected chi connectivity index (χ4v) is 5.25. The van der Waals surface area contributed by atoms with Crippen molar-refractivity contribution in [3.8, 4) is 34.1 Å². The van der Waals surface area contributed by atoms with Gasteiger partial charge in [0.05, 0.1) is 28.6 Å². The lowest BCUT2D eigenvalue weighted by Gasteiger charge is -2.25. The molecule has 0 amide bonds. The fourth-order valence-electron chi connectivity index (χ4n) is 3.87. The third kappa shape index (κ3) is 3.46. The summed E-state index contributed by atoms with van der Waals surface area (Å²) < 4.78 is 44.5. The van der Waals surface area contributed by atoms with Crippen LogP contribution in [0.3, 0.4) is 0 Å². The number of furan rings is 1. The predicted molar refractivity (Wildman–Crippen MR) is 117 cm³/mol. The first-order valence-corrected chi connectivity index (χ1v) is 11.9. The summed E-state index contributed by atoms with van der Waals surface area (Å²) in [6, 6.07) is 9.16. The van der Waals surface area contributed by atoms with E-state index >= 15 is 0 Å². The molecule has 1 aromatic carbocycles. The Hall–Kier alpha value is -3.99. The summed E-state index contributed by atoms with van der Waals surface area (Å²) in [4.78, 5) is 17.1. The van der Waals surface area contributed by atoms with Crippen LogP contribution in [0, 0.1) is 5.82 Å². The SMILES string of the molecule is O=S1(=O)CC(n2cc(-c3ncnc4oc(-c5ncccn5)cc34)c(-c3ccc(F)cc3)n2)C1. The van der Waals surface area contributed by atoms with Crippen molar-refractivity contribution < 1.29 is 17.2 Å². The number of hydrogen-bond acceptors (Lipinski definition) is 8. The lowest BCUT2D eigenvalue weighted by Crippen LogP contribution is -2.38. The van der Waals surface area contributed by atoms with Gasteiger partial charge in [-0.15, -0.1) is 0 Å². The van der Waals surface area contributed by atoms with Crippen molar-refractivity contribution in [1.82, 2.24) is 29.7 Å². The molecule has 0 atom stereocenters. The largest absolute Gasteiger partial charge is 0.434 e. The highest BCUT2D eigenvalue weighted by Gasteiger charge is 2.36. The smallest absolute Gasteiger partial charge is 0.230 e. The molecule has 11 heteroatoms. The second-order valence-electron chi connectivity index (χ2n) is 7.73. The standard InChI is InChI=1S/C22H15FN6O3S/c23-14-4-2-13(3-5-14)19-17(9-29(28-19)15-10-33(30,31)11-15)20-16-8-18(21-24-6-1-7-25-21)32-22(16)27-12-26-20/h1-9,12,15H,10-11H2. The summed E-state index contributed by atoms with van der Waals surface area (Å²) in [6.07, 6.45) is 6.39. The Morgan fingerprint density at radius 3 is 2.48 bits per heavy atom. The maximum absolute atomic E-state index is 13.5. The van der Waals surface area contributed by atoms with E-state index in [9.17, 15) is 12.8 Å². The van der Waals surface area contributed by atoms with Crippen molar-refractivity contribution in [3.63, 3.8) is 0 Å². The Morgan fingerprint density at radius 2 is 1.76 bits per heavy atom. The Balaban J connectivity index is 1.53. The molecule has 164 valence electrons. The van der Waals surface area contributed by atoms with Crippen molar-refractivity contribution in [3.05, 3.63) is 67.1 Å². The van der Waals surface area contributed by atoms with Crippen LogP contribution >= 0.6 is 0 Å². The van der Waals surface area contributed by atoms with Crippen LogP contribution in [0.25, 0.3) is 45.2 Å². The Kier molecular flexibility index (Phi) is 4.34. The van der Waals surface area contributed by atoms with Gasteiger partial charge in [0.25, 0.3) is 0 Å². The summed E-state index contributed by atoms with van der Waals surface area (Å²) in [6.45, 7) is 0. The molecular weight excluding hydrogens is 447 g/mol. The van der Waals surface area contributed by atoms with E-state index in [2.05, 4.69) is 25.0 Å². The van der Waals surface area contributed by atoms with Crippen molar-refractivity contribution in [1.29, 1.82) is 0 Å². The molecule has 1 fully saturated rings. The first kappa shape index (κ1) is 19.7. The molecule has 4 aromatic heterocycles. The van der Waals surface area contributed by atoms with Crippen LogP contribution in [0.2, 0.25) is 0 Å². The van der Waals surface area contributed by atoms with Gasteiger partial charge in [-0.05, 0) is 36.4 Å². The van der Waals surface area contributed by atoms with Gasteiger partial charge >= 0.3 is 0 Å². The monoisotopic (exact) mass is 462 g/mol. The second-order valence-corrected chi connectivity index (χ2v) is 9.89. The molecule has 33 heavy (non-hydrogen) atoms. The molecule has 0 saturated carbocycles. The lowest BCUT2D eigenvalue weighted by atomic mass is 10.0. The van der Waals surface area contributed by atoms with E-state index in [1.165, 1.54) is 18.5 Å². The van der Waals surface area contributed by atoms with Crippen LogP contribution in [-0.4, -0.2) is 49.6 Å². The van der Waals surface area contributed by atoms with Crippen molar-refractivity contribution >= 4 is 20.9 Å². The summed E-state index contributed by atoms with van der Waals surface area (Å²) in [5.74, 6) is 0.537.